The number of alkyl halides is 3. The third-order valence-corrected chi connectivity index (χ3v) is 1.90. The Balaban J connectivity index is 2.97. The van der Waals surface area contributed by atoms with Gasteiger partial charge in [-0.2, -0.15) is 13.2 Å². The van der Waals surface area contributed by atoms with Gasteiger partial charge >= 0.3 is 6.18 Å². The van der Waals surface area contributed by atoms with Crippen molar-refractivity contribution in [3.05, 3.63) is 51.2 Å². The highest BCUT2D eigenvalue weighted by Crippen LogP contribution is 2.29. The van der Waals surface area contributed by atoms with Crippen molar-refractivity contribution in [2.24, 2.45) is 0 Å². The molecule has 0 amide bonds. The van der Waals surface area contributed by atoms with Gasteiger partial charge in [0.15, 0.2) is 0 Å². The summed E-state index contributed by atoms with van der Waals surface area (Å²) in [5, 5.41) is 10.3. The molecule has 0 aliphatic heterocycles. The highest BCUT2D eigenvalue weighted by atomic mass is 19.4. The summed E-state index contributed by atoms with van der Waals surface area (Å²) in [7, 11) is 0. The Kier molecular flexibility index (Phi) is 3.31. The Bertz CT molecular complexity index is 421. The monoisotopic (exact) mass is 231 g/mol. The van der Waals surface area contributed by atoms with E-state index in [4.69, 9.17) is 0 Å². The van der Waals surface area contributed by atoms with Crippen LogP contribution in [-0.4, -0.2) is 4.92 Å². The molecule has 16 heavy (non-hydrogen) atoms. The number of allylic oxidation sites excluding steroid dienone is 1. The number of nitro groups is 1. The molecule has 0 aromatic heterocycles. The first-order valence-electron chi connectivity index (χ1n) is 4.30. The zero-order valence-electron chi connectivity index (χ0n) is 8.28. The van der Waals surface area contributed by atoms with Gasteiger partial charge in [-0.05, 0) is 17.7 Å². The second-order valence-corrected chi connectivity index (χ2v) is 3.16. The fraction of sp³-hybridized carbons (Fsp3) is 0.200. The SMILES string of the molecule is C/C(=C\c1ccc(C(F)(F)F)cc1)[N+](=O)[O-]. The number of halogens is 3. The number of hydrogen-bond donors (Lipinski definition) is 0. The lowest BCUT2D eigenvalue weighted by atomic mass is 10.1. The van der Waals surface area contributed by atoms with Crippen molar-refractivity contribution in [1.29, 1.82) is 0 Å². The predicted octanol–water partition coefficient (Wildman–Crippen LogP) is 3.34. The van der Waals surface area contributed by atoms with Gasteiger partial charge in [-0.25, -0.2) is 0 Å². The van der Waals surface area contributed by atoms with Crippen molar-refractivity contribution >= 4 is 6.08 Å². The van der Waals surface area contributed by atoms with Gasteiger partial charge in [0.1, 0.15) is 0 Å². The highest BCUT2D eigenvalue weighted by Gasteiger charge is 2.29. The van der Waals surface area contributed by atoms with E-state index in [1.807, 2.05) is 0 Å². The van der Waals surface area contributed by atoms with E-state index < -0.39 is 16.7 Å². The average Bonchev–Trinajstić information content (AvgIpc) is 2.17. The van der Waals surface area contributed by atoms with Crippen LogP contribution in [-0.2, 0) is 6.18 Å². The molecule has 0 saturated carbocycles. The largest absolute Gasteiger partial charge is 0.416 e. The topological polar surface area (TPSA) is 43.1 Å². The summed E-state index contributed by atoms with van der Waals surface area (Å²) >= 11 is 0. The van der Waals surface area contributed by atoms with Gasteiger partial charge in [0.05, 0.1) is 10.5 Å². The second kappa shape index (κ2) is 4.34. The predicted molar refractivity (Wildman–Crippen MR) is 52.1 cm³/mol. The maximum absolute atomic E-state index is 12.2. The molecule has 3 nitrogen and oxygen atoms in total. The number of benzene rings is 1. The maximum Gasteiger partial charge on any atom is 0.416 e. The van der Waals surface area contributed by atoms with Crippen LogP contribution < -0.4 is 0 Å². The summed E-state index contributed by atoms with van der Waals surface area (Å²) in [6.07, 6.45) is -3.18. The Hall–Kier alpha value is -1.85. The van der Waals surface area contributed by atoms with Crippen molar-refractivity contribution in [2.75, 3.05) is 0 Å². The molecule has 0 unspecified atom stereocenters. The fourth-order valence-electron chi connectivity index (χ4n) is 1.06. The Morgan fingerprint density at radius 2 is 1.81 bits per heavy atom. The minimum Gasteiger partial charge on any atom is -0.259 e. The first-order chi connectivity index (χ1) is 7.30. The van der Waals surface area contributed by atoms with E-state index >= 15 is 0 Å². The Morgan fingerprint density at radius 3 is 2.19 bits per heavy atom. The van der Waals surface area contributed by atoms with Crippen molar-refractivity contribution in [3.63, 3.8) is 0 Å². The third kappa shape index (κ3) is 3.08. The number of hydrogen-bond acceptors (Lipinski definition) is 2. The average molecular weight is 231 g/mol. The third-order valence-electron chi connectivity index (χ3n) is 1.90. The molecule has 0 saturated heterocycles. The molecule has 0 radical (unpaired) electrons. The minimum atomic E-state index is -4.39. The van der Waals surface area contributed by atoms with Crippen LogP contribution in [0.25, 0.3) is 6.08 Å². The molecule has 86 valence electrons. The molecule has 6 heteroatoms. The highest BCUT2D eigenvalue weighted by molar-refractivity contribution is 5.51. The van der Waals surface area contributed by atoms with Crippen molar-refractivity contribution < 1.29 is 18.1 Å². The van der Waals surface area contributed by atoms with Crippen LogP contribution >= 0.6 is 0 Å². The molecule has 0 aliphatic carbocycles. The lowest BCUT2D eigenvalue weighted by molar-refractivity contribution is -0.422. The van der Waals surface area contributed by atoms with Gasteiger partial charge in [-0.3, -0.25) is 10.1 Å². The Labute approximate surface area is 89.4 Å². The summed E-state index contributed by atoms with van der Waals surface area (Å²) < 4.78 is 36.6. The lowest BCUT2D eigenvalue weighted by Crippen LogP contribution is -2.04. The zero-order chi connectivity index (χ0) is 12.3. The van der Waals surface area contributed by atoms with E-state index in [0.717, 1.165) is 12.1 Å². The van der Waals surface area contributed by atoms with Crippen molar-refractivity contribution in [3.8, 4) is 0 Å². The summed E-state index contributed by atoms with van der Waals surface area (Å²) in [5.74, 6) is 0. The van der Waals surface area contributed by atoms with E-state index in [9.17, 15) is 23.3 Å². The second-order valence-electron chi connectivity index (χ2n) is 3.16. The van der Waals surface area contributed by atoms with E-state index in [1.165, 1.54) is 25.1 Å². The van der Waals surface area contributed by atoms with E-state index in [0.29, 0.717) is 5.56 Å². The molecule has 0 bridgehead atoms. The van der Waals surface area contributed by atoms with Crippen LogP contribution in [0.1, 0.15) is 18.1 Å². The summed E-state index contributed by atoms with van der Waals surface area (Å²) in [5.41, 5.74) is -0.537. The molecule has 0 N–H and O–H groups in total. The van der Waals surface area contributed by atoms with Crippen LogP contribution in [0.3, 0.4) is 0 Å². The van der Waals surface area contributed by atoms with Crippen LogP contribution in [0, 0.1) is 10.1 Å². The molecule has 0 fully saturated rings. The van der Waals surface area contributed by atoms with Crippen LogP contribution in [0.2, 0.25) is 0 Å². The zero-order valence-corrected chi connectivity index (χ0v) is 8.28. The van der Waals surface area contributed by atoms with Crippen LogP contribution in [0.5, 0.6) is 0 Å². The van der Waals surface area contributed by atoms with Gasteiger partial charge in [0, 0.05) is 13.0 Å². The molecule has 0 spiro atoms. The molecular weight excluding hydrogens is 223 g/mol. The van der Waals surface area contributed by atoms with E-state index in [2.05, 4.69) is 0 Å². The van der Waals surface area contributed by atoms with E-state index in [-0.39, 0.29) is 5.70 Å². The van der Waals surface area contributed by atoms with Gasteiger partial charge < -0.3 is 0 Å². The van der Waals surface area contributed by atoms with Gasteiger partial charge in [0.2, 0.25) is 5.70 Å². The van der Waals surface area contributed by atoms with Crippen LogP contribution in [0.4, 0.5) is 13.2 Å². The number of nitrogens with zero attached hydrogens (tertiary/aromatic N) is 1. The summed E-state index contributed by atoms with van der Waals surface area (Å²) in [6, 6.07) is 4.16. The van der Waals surface area contributed by atoms with Gasteiger partial charge in [-0.15, -0.1) is 0 Å². The van der Waals surface area contributed by atoms with Crippen molar-refractivity contribution in [2.45, 2.75) is 13.1 Å². The smallest absolute Gasteiger partial charge is 0.259 e. The molecule has 1 rings (SSSR count). The molecular formula is C10H8F3NO2. The molecule has 0 atom stereocenters. The number of rotatable bonds is 2. The first-order valence-corrected chi connectivity index (χ1v) is 4.30. The van der Waals surface area contributed by atoms with E-state index in [1.54, 1.807) is 0 Å². The fourth-order valence-corrected chi connectivity index (χ4v) is 1.06. The Morgan fingerprint density at radius 1 is 1.31 bits per heavy atom. The van der Waals surface area contributed by atoms with Gasteiger partial charge in [-0.1, -0.05) is 12.1 Å². The molecule has 0 heterocycles. The van der Waals surface area contributed by atoms with Crippen LogP contribution in [0.15, 0.2) is 30.0 Å². The molecule has 1 aromatic carbocycles. The lowest BCUT2D eigenvalue weighted by Gasteiger charge is -2.05. The van der Waals surface area contributed by atoms with Crippen molar-refractivity contribution in [1.82, 2.24) is 0 Å². The standard InChI is InChI=1S/C10H8F3NO2/c1-7(14(15)16)6-8-2-4-9(5-3-8)10(11,12)13/h2-6H,1H3/b7-6+. The summed E-state index contributed by atoms with van der Waals surface area (Å²) in [4.78, 5) is 9.69. The summed E-state index contributed by atoms with van der Waals surface area (Å²) in [6.45, 7) is 1.28. The van der Waals surface area contributed by atoms with Gasteiger partial charge in [0.25, 0.3) is 0 Å². The first kappa shape index (κ1) is 12.2. The quantitative estimate of drug-likeness (QED) is 0.578. The normalized spacial score (nSPS) is 12.6. The molecule has 1 aromatic rings. The minimum absolute atomic E-state index is 0.125. The maximum atomic E-state index is 12.2. The molecule has 0 aliphatic rings.